The largest absolute Gasteiger partial charge is 0.383 e. The molecule has 1 heterocycles. The minimum absolute atomic E-state index is 0.226. The first-order valence-electron chi connectivity index (χ1n) is 6.28. The highest BCUT2D eigenvalue weighted by atomic mass is 16.5. The number of piperidine rings is 1. The van der Waals surface area contributed by atoms with E-state index in [1.165, 1.54) is 0 Å². The van der Waals surface area contributed by atoms with Gasteiger partial charge in [0.2, 0.25) is 0 Å². The fourth-order valence-corrected chi connectivity index (χ4v) is 2.17. The third kappa shape index (κ3) is 4.00. The standard InChI is InChI=1S/C12H22N2O3/c1-3-10-6-4-5-8-14(10)12(16)11(15)13-7-9-17-2/h10H,3-9H2,1-2H3,(H,13,15). The maximum Gasteiger partial charge on any atom is 0.312 e. The maximum absolute atomic E-state index is 11.9. The van der Waals surface area contributed by atoms with E-state index in [1.807, 2.05) is 0 Å². The molecule has 5 nitrogen and oxygen atoms in total. The molecule has 1 aliphatic rings. The molecule has 2 amide bonds. The molecular weight excluding hydrogens is 220 g/mol. The number of methoxy groups -OCH3 is 1. The zero-order chi connectivity index (χ0) is 12.7. The van der Waals surface area contributed by atoms with Crippen LogP contribution in [0.1, 0.15) is 32.6 Å². The number of nitrogens with one attached hydrogen (secondary N) is 1. The van der Waals surface area contributed by atoms with Crippen LogP contribution in [0.4, 0.5) is 0 Å². The van der Waals surface area contributed by atoms with Crippen molar-refractivity contribution in [2.75, 3.05) is 26.8 Å². The van der Waals surface area contributed by atoms with Crippen LogP contribution < -0.4 is 5.32 Å². The van der Waals surface area contributed by atoms with E-state index in [0.717, 1.165) is 25.7 Å². The van der Waals surface area contributed by atoms with Gasteiger partial charge in [-0.15, -0.1) is 0 Å². The number of hydrogen-bond acceptors (Lipinski definition) is 3. The zero-order valence-corrected chi connectivity index (χ0v) is 10.7. The Morgan fingerprint density at radius 1 is 1.41 bits per heavy atom. The second-order valence-electron chi connectivity index (χ2n) is 4.31. The van der Waals surface area contributed by atoms with E-state index in [-0.39, 0.29) is 6.04 Å². The summed E-state index contributed by atoms with van der Waals surface area (Å²) in [6.45, 7) is 3.57. The van der Waals surface area contributed by atoms with Gasteiger partial charge < -0.3 is 15.0 Å². The van der Waals surface area contributed by atoms with Crippen molar-refractivity contribution < 1.29 is 14.3 Å². The van der Waals surface area contributed by atoms with E-state index in [4.69, 9.17) is 4.74 Å². The molecule has 17 heavy (non-hydrogen) atoms. The van der Waals surface area contributed by atoms with Gasteiger partial charge in [0.1, 0.15) is 0 Å². The number of ether oxygens (including phenoxy) is 1. The van der Waals surface area contributed by atoms with Gasteiger partial charge in [-0.1, -0.05) is 6.92 Å². The summed E-state index contributed by atoms with van der Waals surface area (Å²) in [4.78, 5) is 25.3. The molecule has 0 spiro atoms. The lowest BCUT2D eigenvalue weighted by Gasteiger charge is -2.34. The van der Waals surface area contributed by atoms with Crippen LogP contribution in [0.2, 0.25) is 0 Å². The van der Waals surface area contributed by atoms with Crippen molar-refractivity contribution in [3.63, 3.8) is 0 Å². The van der Waals surface area contributed by atoms with E-state index in [1.54, 1.807) is 12.0 Å². The Bertz CT molecular complexity index is 268. The van der Waals surface area contributed by atoms with E-state index in [2.05, 4.69) is 12.2 Å². The van der Waals surface area contributed by atoms with Crippen LogP contribution in [0.25, 0.3) is 0 Å². The van der Waals surface area contributed by atoms with Crippen molar-refractivity contribution in [1.82, 2.24) is 10.2 Å². The number of carbonyl (C=O) groups is 2. The highest BCUT2D eigenvalue weighted by molar-refractivity contribution is 6.35. The molecule has 0 radical (unpaired) electrons. The molecule has 0 aromatic rings. The van der Waals surface area contributed by atoms with Gasteiger partial charge in [0.15, 0.2) is 0 Å². The molecule has 0 saturated carbocycles. The van der Waals surface area contributed by atoms with Crippen molar-refractivity contribution in [2.24, 2.45) is 0 Å². The number of rotatable bonds is 4. The molecular formula is C12H22N2O3. The van der Waals surface area contributed by atoms with Crippen molar-refractivity contribution >= 4 is 11.8 Å². The van der Waals surface area contributed by atoms with Gasteiger partial charge in [-0.05, 0) is 25.7 Å². The maximum atomic E-state index is 11.9. The second kappa shape index (κ2) is 7.27. The average Bonchev–Trinajstić information content (AvgIpc) is 2.38. The lowest BCUT2D eigenvalue weighted by molar-refractivity contribution is -0.148. The van der Waals surface area contributed by atoms with Crippen molar-refractivity contribution in [3.05, 3.63) is 0 Å². The molecule has 1 unspecified atom stereocenters. The van der Waals surface area contributed by atoms with E-state index in [9.17, 15) is 9.59 Å². The number of likely N-dealkylation sites (tertiary alicyclic amines) is 1. The Morgan fingerprint density at radius 2 is 2.18 bits per heavy atom. The fourth-order valence-electron chi connectivity index (χ4n) is 2.17. The quantitative estimate of drug-likeness (QED) is 0.578. The van der Waals surface area contributed by atoms with Crippen molar-refractivity contribution in [1.29, 1.82) is 0 Å². The third-order valence-electron chi connectivity index (χ3n) is 3.15. The fraction of sp³-hybridized carbons (Fsp3) is 0.833. The van der Waals surface area contributed by atoms with Crippen molar-refractivity contribution in [3.8, 4) is 0 Å². The molecule has 0 bridgehead atoms. The van der Waals surface area contributed by atoms with Crippen LogP contribution in [0.15, 0.2) is 0 Å². The Balaban J connectivity index is 2.46. The normalized spacial score (nSPS) is 20.1. The predicted octanol–water partition coefficient (Wildman–Crippen LogP) is 0.540. The van der Waals surface area contributed by atoms with Gasteiger partial charge >= 0.3 is 11.8 Å². The molecule has 1 N–H and O–H groups in total. The van der Waals surface area contributed by atoms with Gasteiger partial charge in [0.05, 0.1) is 6.61 Å². The second-order valence-corrected chi connectivity index (χ2v) is 4.31. The van der Waals surface area contributed by atoms with Crippen LogP contribution >= 0.6 is 0 Å². The summed E-state index contributed by atoms with van der Waals surface area (Å²) < 4.78 is 4.82. The number of carbonyl (C=O) groups excluding carboxylic acids is 2. The molecule has 5 heteroatoms. The summed E-state index contributed by atoms with van der Waals surface area (Å²) in [6.07, 6.45) is 4.06. The summed E-state index contributed by atoms with van der Waals surface area (Å²) in [5.74, 6) is -0.907. The topological polar surface area (TPSA) is 58.6 Å². The lowest BCUT2D eigenvalue weighted by atomic mass is 10.00. The Labute approximate surface area is 102 Å². The monoisotopic (exact) mass is 242 g/mol. The van der Waals surface area contributed by atoms with E-state index < -0.39 is 11.8 Å². The first kappa shape index (κ1) is 14.0. The summed E-state index contributed by atoms with van der Waals surface area (Å²) >= 11 is 0. The Morgan fingerprint density at radius 3 is 2.82 bits per heavy atom. The molecule has 1 aliphatic heterocycles. The Kier molecular flexibility index (Phi) is 5.97. The van der Waals surface area contributed by atoms with Crippen LogP contribution in [-0.4, -0.2) is 49.6 Å². The molecule has 1 rings (SSSR count). The highest BCUT2D eigenvalue weighted by Crippen LogP contribution is 2.19. The van der Waals surface area contributed by atoms with Crippen molar-refractivity contribution in [2.45, 2.75) is 38.6 Å². The van der Waals surface area contributed by atoms with Crippen LogP contribution in [0.3, 0.4) is 0 Å². The summed E-state index contributed by atoms with van der Waals surface area (Å²) in [5.41, 5.74) is 0. The highest BCUT2D eigenvalue weighted by Gasteiger charge is 2.29. The minimum Gasteiger partial charge on any atom is -0.383 e. The van der Waals surface area contributed by atoms with Gasteiger partial charge in [-0.3, -0.25) is 9.59 Å². The summed E-state index contributed by atoms with van der Waals surface area (Å²) in [5, 5.41) is 2.57. The Hall–Kier alpha value is -1.10. The summed E-state index contributed by atoms with van der Waals surface area (Å²) in [7, 11) is 1.56. The molecule has 0 aromatic heterocycles. The van der Waals surface area contributed by atoms with Crippen LogP contribution in [0, 0.1) is 0 Å². The van der Waals surface area contributed by atoms with Gasteiger partial charge in [-0.25, -0.2) is 0 Å². The molecule has 98 valence electrons. The number of hydrogen-bond donors (Lipinski definition) is 1. The van der Waals surface area contributed by atoms with E-state index in [0.29, 0.717) is 19.7 Å². The van der Waals surface area contributed by atoms with Crippen LogP contribution in [-0.2, 0) is 14.3 Å². The molecule has 0 aliphatic carbocycles. The molecule has 1 fully saturated rings. The van der Waals surface area contributed by atoms with E-state index >= 15 is 0 Å². The van der Waals surface area contributed by atoms with Crippen LogP contribution in [0.5, 0.6) is 0 Å². The predicted molar refractivity (Wildman–Crippen MR) is 64.5 cm³/mol. The number of amides is 2. The van der Waals surface area contributed by atoms with Gasteiger partial charge in [0.25, 0.3) is 0 Å². The molecule has 1 atom stereocenters. The number of nitrogens with zero attached hydrogens (tertiary/aromatic N) is 1. The molecule has 1 saturated heterocycles. The van der Waals surface area contributed by atoms with Gasteiger partial charge in [-0.2, -0.15) is 0 Å². The molecule has 0 aromatic carbocycles. The first-order valence-corrected chi connectivity index (χ1v) is 6.28. The van der Waals surface area contributed by atoms with Gasteiger partial charge in [0, 0.05) is 26.2 Å². The zero-order valence-electron chi connectivity index (χ0n) is 10.7. The minimum atomic E-state index is -0.512. The third-order valence-corrected chi connectivity index (χ3v) is 3.15. The average molecular weight is 242 g/mol. The summed E-state index contributed by atoms with van der Waals surface area (Å²) in [6, 6.07) is 0.226. The SMILES string of the molecule is CCC1CCCCN1C(=O)C(=O)NCCOC. The lowest BCUT2D eigenvalue weighted by Crippen LogP contribution is -2.50. The first-order chi connectivity index (χ1) is 8.20. The smallest absolute Gasteiger partial charge is 0.312 e.